The number of hydrogen-bond acceptors (Lipinski definition) is 2. The molecule has 2 rings (SSSR count). The predicted octanol–water partition coefficient (Wildman–Crippen LogP) is 2.84. The van der Waals surface area contributed by atoms with Crippen LogP contribution in [0.15, 0.2) is 18.2 Å². The first kappa shape index (κ1) is 9.08. The first-order chi connectivity index (χ1) is 6.72. The highest BCUT2D eigenvalue weighted by Gasteiger charge is 2.21. The third-order valence-corrected chi connectivity index (χ3v) is 2.77. The Morgan fingerprint density at radius 3 is 2.93 bits per heavy atom. The predicted molar refractivity (Wildman–Crippen MR) is 57.4 cm³/mol. The van der Waals surface area contributed by atoms with Gasteiger partial charge in [0.1, 0.15) is 0 Å². The third kappa shape index (κ3) is 1.35. The molecule has 2 heteroatoms. The monoisotopic (exact) mass is 186 g/mol. The van der Waals surface area contributed by atoms with Crippen molar-refractivity contribution in [3.8, 4) is 6.07 Å². The summed E-state index contributed by atoms with van der Waals surface area (Å²) in [4.78, 5) is 0. The van der Waals surface area contributed by atoms with Gasteiger partial charge in [-0.15, -0.1) is 0 Å². The summed E-state index contributed by atoms with van der Waals surface area (Å²) in [6, 6.07) is 8.70. The molecule has 14 heavy (non-hydrogen) atoms. The van der Waals surface area contributed by atoms with Crippen molar-refractivity contribution in [2.45, 2.75) is 25.7 Å². The SMILES string of the molecule is CC(C)c1ccc2c(c1)C(C#N)CN2. The number of fused-ring (bicyclic) bond motifs is 1. The topological polar surface area (TPSA) is 35.8 Å². The second kappa shape index (κ2) is 3.34. The van der Waals surface area contributed by atoms with Gasteiger partial charge < -0.3 is 5.32 Å². The lowest BCUT2D eigenvalue weighted by atomic mass is 9.96. The second-order valence-electron chi connectivity index (χ2n) is 4.06. The Bertz CT molecular complexity index is 388. The minimum Gasteiger partial charge on any atom is -0.383 e. The Morgan fingerprint density at radius 1 is 1.50 bits per heavy atom. The van der Waals surface area contributed by atoms with Crippen LogP contribution in [0.4, 0.5) is 5.69 Å². The van der Waals surface area contributed by atoms with Gasteiger partial charge in [0, 0.05) is 12.2 Å². The summed E-state index contributed by atoms with van der Waals surface area (Å²) in [6.45, 7) is 5.10. The van der Waals surface area contributed by atoms with Gasteiger partial charge in [0.2, 0.25) is 0 Å². The molecule has 0 aliphatic carbocycles. The van der Waals surface area contributed by atoms with E-state index in [1.807, 2.05) is 0 Å². The van der Waals surface area contributed by atoms with Crippen molar-refractivity contribution < 1.29 is 0 Å². The number of anilines is 1. The van der Waals surface area contributed by atoms with Crippen LogP contribution in [0.3, 0.4) is 0 Å². The van der Waals surface area contributed by atoms with Crippen LogP contribution in [0.2, 0.25) is 0 Å². The van der Waals surface area contributed by atoms with Crippen LogP contribution in [-0.2, 0) is 0 Å². The van der Waals surface area contributed by atoms with Gasteiger partial charge in [0.25, 0.3) is 0 Å². The Morgan fingerprint density at radius 2 is 2.29 bits per heavy atom. The number of nitrogens with zero attached hydrogens (tertiary/aromatic N) is 1. The fourth-order valence-electron chi connectivity index (χ4n) is 1.83. The van der Waals surface area contributed by atoms with E-state index >= 15 is 0 Å². The van der Waals surface area contributed by atoms with Crippen molar-refractivity contribution >= 4 is 5.69 Å². The van der Waals surface area contributed by atoms with Crippen molar-refractivity contribution in [2.75, 3.05) is 11.9 Å². The van der Waals surface area contributed by atoms with Crippen LogP contribution < -0.4 is 5.32 Å². The molecule has 0 saturated carbocycles. The molecule has 0 radical (unpaired) electrons. The molecule has 0 bridgehead atoms. The maximum Gasteiger partial charge on any atom is 0.0905 e. The zero-order chi connectivity index (χ0) is 10.1. The van der Waals surface area contributed by atoms with Crippen molar-refractivity contribution in [3.63, 3.8) is 0 Å². The molecule has 0 aromatic heterocycles. The quantitative estimate of drug-likeness (QED) is 0.732. The second-order valence-corrected chi connectivity index (χ2v) is 4.06. The fourth-order valence-corrected chi connectivity index (χ4v) is 1.83. The minimum absolute atomic E-state index is 0.0312. The van der Waals surface area contributed by atoms with E-state index < -0.39 is 0 Å². The van der Waals surface area contributed by atoms with Crippen LogP contribution in [0.5, 0.6) is 0 Å². The molecule has 0 amide bonds. The van der Waals surface area contributed by atoms with Crippen LogP contribution in [0.25, 0.3) is 0 Å². The number of nitrogens with one attached hydrogen (secondary N) is 1. The van der Waals surface area contributed by atoms with Gasteiger partial charge in [-0.1, -0.05) is 26.0 Å². The van der Waals surface area contributed by atoms with E-state index in [9.17, 15) is 0 Å². The fraction of sp³-hybridized carbons (Fsp3) is 0.417. The van der Waals surface area contributed by atoms with E-state index in [4.69, 9.17) is 5.26 Å². The number of nitriles is 1. The normalized spacial score (nSPS) is 18.9. The molecule has 1 heterocycles. The molecule has 1 atom stereocenters. The van der Waals surface area contributed by atoms with Gasteiger partial charge in [-0.25, -0.2) is 0 Å². The summed E-state index contributed by atoms with van der Waals surface area (Å²) in [6.07, 6.45) is 0. The zero-order valence-corrected chi connectivity index (χ0v) is 8.54. The third-order valence-electron chi connectivity index (χ3n) is 2.77. The van der Waals surface area contributed by atoms with Crippen molar-refractivity contribution in [1.82, 2.24) is 0 Å². The molecular formula is C12H14N2. The highest BCUT2D eigenvalue weighted by Crippen LogP contribution is 2.33. The lowest BCUT2D eigenvalue weighted by molar-refractivity contribution is 0.860. The lowest BCUT2D eigenvalue weighted by Crippen LogP contribution is -1.98. The molecule has 1 aromatic carbocycles. The number of benzene rings is 1. The van der Waals surface area contributed by atoms with Crippen molar-refractivity contribution in [3.05, 3.63) is 29.3 Å². The maximum atomic E-state index is 8.95. The van der Waals surface area contributed by atoms with E-state index in [2.05, 4.69) is 43.4 Å². The molecule has 1 aliphatic rings. The number of rotatable bonds is 1. The molecule has 72 valence electrons. The smallest absolute Gasteiger partial charge is 0.0905 e. The van der Waals surface area contributed by atoms with Crippen LogP contribution in [0, 0.1) is 11.3 Å². The summed E-state index contributed by atoms with van der Waals surface area (Å²) < 4.78 is 0. The van der Waals surface area contributed by atoms with Crippen LogP contribution in [0.1, 0.15) is 36.8 Å². The molecule has 0 spiro atoms. The Hall–Kier alpha value is -1.49. The van der Waals surface area contributed by atoms with Crippen molar-refractivity contribution in [2.24, 2.45) is 0 Å². The zero-order valence-electron chi connectivity index (χ0n) is 8.54. The van der Waals surface area contributed by atoms with Gasteiger partial charge in [-0.3, -0.25) is 0 Å². The van der Waals surface area contributed by atoms with Crippen LogP contribution in [-0.4, -0.2) is 6.54 Å². The first-order valence-corrected chi connectivity index (χ1v) is 4.99. The molecule has 1 N–H and O–H groups in total. The average molecular weight is 186 g/mol. The molecule has 1 unspecified atom stereocenters. The van der Waals surface area contributed by atoms with Gasteiger partial charge in [0.15, 0.2) is 0 Å². The Labute approximate surface area is 84.6 Å². The Kier molecular flexibility index (Phi) is 2.17. The van der Waals surface area contributed by atoms with Gasteiger partial charge in [-0.2, -0.15) is 5.26 Å². The summed E-state index contributed by atoms with van der Waals surface area (Å²) in [5.74, 6) is 0.559. The molecule has 2 nitrogen and oxygen atoms in total. The summed E-state index contributed by atoms with van der Waals surface area (Å²) >= 11 is 0. The number of hydrogen-bond donors (Lipinski definition) is 1. The summed E-state index contributed by atoms with van der Waals surface area (Å²) in [5, 5.41) is 12.2. The average Bonchev–Trinajstić information content (AvgIpc) is 2.59. The highest BCUT2D eigenvalue weighted by atomic mass is 14.9. The largest absolute Gasteiger partial charge is 0.383 e. The molecule has 1 aliphatic heterocycles. The molecule has 1 aromatic rings. The van der Waals surface area contributed by atoms with E-state index in [0.717, 1.165) is 12.2 Å². The van der Waals surface area contributed by atoms with E-state index in [-0.39, 0.29) is 5.92 Å². The van der Waals surface area contributed by atoms with E-state index in [1.165, 1.54) is 11.1 Å². The van der Waals surface area contributed by atoms with Gasteiger partial charge in [-0.05, 0) is 23.1 Å². The molecule has 0 fully saturated rings. The summed E-state index contributed by atoms with van der Waals surface area (Å²) in [7, 11) is 0. The Balaban J connectivity index is 2.44. The first-order valence-electron chi connectivity index (χ1n) is 4.99. The van der Waals surface area contributed by atoms with Crippen molar-refractivity contribution in [1.29, 1.82) is 5.26 Å². The maximum absolute atomic E-state index is 8.95. The van der Waals surface area contributed by atoms with E-state index in [0.29, 0.717) is 5.92 Å². The highest BCUT2D eigenvalue weighted by molar-refractivity contribution is 5.60. The lowest BCUT2D eigenvalue weighted by Gasteiger charge is -2.08. The molecule has 0 saturated heterocycles. The summed E-state index contributed by atoms with van der Waals surface area (Å²) in [5.41, 5.74) is 3.60. The standard InChI is InChI=1S/C12H14N2/c1-8(2)9-3-4-12-11(5-9)10(6-13)7-14-12/h3-5,8,10,14H,7H2,1-2H3. The van der Waals surface area contributed by atoms with Crippen LogP contribution >= 0.6 is 0 Å². The van der Waals surface area contributed by atoms with Gasteiger partial charge in [0.05, 0.1) is 12.0 Å². The van der Waals surface area contributed by atoms with Gasteiger partial charge >= 0.3 is 0 Å². The van der Waals surface area contributed by atoms with E-state index in [1.54, 1.807) is 0 Å². The molecular weight excluding hydrogens is 172 g/mol. The minimum atomic E-state index is 0.0312.